The maximum atomic E-state index is 13.7. The first-order valence-electron chi connectivity index (χ1n) is 7.29. The van der Waals surface area contributed by atoms with Crippen molar-refractivity contribution in [2.75, 3.05) is 4.72 Å². The van der Waals surface area contributed by atoms with Gasteiger partial charge < -0.3 is 0 Å². The van der Waals surface area contributed by atoms with Crippen LogP contribution >= 0.6 is 0 Å². The van der Waals surface area contributed by atoms with Crippen molar-refractivity contribution < 1.29 is 17.2 Å². The highest BCUT2D eigenvalue weighted by molar-refractivity contribution is 7.92. The number of hydrogen-bond donors (Lipinski definition) is 1. The number of anilines is 1. The summed E-state index contributed by atoms with van der Waals surface area (Å²) in [6, 6.07) is 6.00. The largest absolute Gasteiger partial charge is 0.330 e. The Kier molecular flexibility index (Phi) is 4.15. The van der Waals surface area contributed by atoms with Gasteiger partial charge in [-0.2, -0.15) is 0 Å². The summed E-state index contributed by atoms with van der Waals surface area (Å²) < 4.78 is 55.7. The fraction of sp³-hybridized carbons (Fsp3) is 0.125. The normalized spacial score (nSPS) is 11.7. The second-order valence-corrected chi connectivity index (χ2v) is 7.30. The molecule has 0 aliphatic rings. The summed E-state index contributed by atoms with van der Waals surface area (Å²) in [7, 11) is -1.52. The van der Waals surface area contributed by atoms with Gasteiger partial charge in [0.2, 0.25) is 0 Å². The quantitative estimate of drug-likeness (QED) is 0.741. The SMILES string of the molecule is Cn1c(=O)c2cc(S(=O)(=O)Nc3ccc(F)cc3F)ccc2n(C)c1=O. The molecule has 1 aromatic heterocycles. The van der Waals surface area contributed by atoms with Gasteiger partial charge in [0.15, 0.2) is 0 Å². The van der Waals surface area contributed by atoms with Gasteiger partial charge in [-0.25, -0.2) is 22.0 Å². The summed E-state index contributed by atoms with van der Waals surface area (Å²) in [6.45, 7) is 0. The number of hydrogen-bond acceptors (Lipinski definition) is 4. The lowest BCUT2D eigenvalue weighted by molar-refractivity contribution is 0.583. The van der Waals surface area contributed by atoms with E-state index in [1.807, 2.05) is 4.72 Å². The van der Waals surface area contributed by atoms with Gasteiger partial charge in [-0.15, -0.1) is 0 Å². The zero-order valence-electron chi connectivity index (χ0n) is 13.7. The topological polar surface area (TPSA) is 90.2 Å². The van der Waals surface area contributed by atoms with E-state index in [-0.39, 0.29) is 15.8 Å². The van der Waals surface area contributed by atoms with E-state index in [0.717, 1.165) is 22.8 Å². The summed E-state index contributed by atoms with van der Waals surface area (Å²) in [5.74, 6) is -1.92. The summed E-state index contributed by atoms with van der Waals surface area (Å²) in [5.41, 5.74) is -1.39. The third kappa shape index (κ3) is 2.88. The molecule has 0 saturated carbocycles. The smallest absolute Gasteiger partial charge is 0.296 e. The van der Waals surface area contributed by atoms with E-state index in [2.05, 4.69) is 0 Å². The summed E-state index contributed by atoms with van der Waals surface area (Å²) >= 11 is 0. The van der Waals surface area contributed by atoms with Crippen LogP contribution in [-0.2, 0) is 24.1 Å². The monoisotopic (exact) mass is 381 g/mol. The molecule has 0 aliphatic carbocycles. The van der Waals surface area contributed by atoms with Crippen LogP contribution in [0.4, 0.5) is 14.5 Å². The minimum absolute atomic E-state index is 0.0112. The maximum absolute atomic E-state index is 13.7. The van der Waals surface area contributed by atoms with E-state index in [1.54, 1.807) is 0 Å². The molecule has 0 unspecified atom stereocenters. The van der Waals surface area contributed by atoms with Crippen LogP contribution in [0.5, 0.6) is 0 Å². The lowest BCUT2D eigenvalue weighted by Crippen LogP contribution is -2.37. The Morgan fingerprint density at radius 1 is 0.962 bits per heavy atom. The second kappa shape index (κ2) is 6.06. The Morgan fingerprint density at radius 3 is 2.31 bits per heavy atom. The standard InChI is InChI=1S/C16H13F2N3O4S/c1-20-14-6-4-10(8-11(14)15(22)21(2)16(20)23)26(24,25)19-13-5-3-9(17)7-12(13)18/h3-8,19H,1-2H3. The number of nitrogens with zero attached hydrogens (tertiary/aromatic N) is 2. The molecule has 136 valence electrons. The van der Waals surface area contributed by atoms with Gasteiger partial charge in [-0.1, -0.05) is 0 Å². The van der Waals surface area contributed by atoms with Gasteiger partial charge in [0.05, 0.1) is 21.5 Å². The van der Waals surface area contributed by atoms with Gasteiger partial charge in [0, 0.05) is 20.2 Å². The third-order valence-corrected chi connectivity index (χ3v) is 5.29. The molecule has 1 N–H and O–H groups in total. The zero-order valence-corrected chi connectivity index (χ0v) is 14.5. The second-order valence-electron chi connectivity index (χ2n) is 5.61. The first kappa shape index (κ1) is 17.8. The van der Waals surface area contributed by atoms with Crippen molar-refractivity contribution in [2.45, 2.75) is 4.90 Å². The number of halogens is 2. The maximum Gasteiger partial charge on any atom is 0.330 e. The molecule has 10 heteroatoms. The molecular weight excluding hydrogens is 368 g/mol. The molecule has 7 nitrogen and oxygen atoms in total. The Hall–Kier alpha value is -3.01. The molecule has 0 spiro atoms. The minimum Gasteiger partial charge on any atom is -0.296 e. The van der Waals surface area contributed by atoms with Crippen molar-refractivity contribution in [3.63, 3.8) is 0 Å². The minimum atomic E-state index is -4.24. The molecule has 26 heavy (non-hydrogen) atoms. The first-order chi connectivity index (χ1) is 12.1. The van der Waals surface area contributed by atoms with E-state index in [1.165, 1.54) is 30.8 Å². The number of sulfonamides is 1. The van der Waals surface area contributed by atoms with Gasteiger partial charge in [0.1, 0.15) is 11.6 Å². The predicted octanol–water partition coefficient (Wildman–Crippen LogP) is 1.32. The molecular formula is C16H13F2N3O4S. The molecule has 3 aromatic rings. The van der Waals surface area contributed by atoms with Crippen molar-refractivity contribution >= 4 is 26.6 Å². The number of aryl methyl sites for hydroxylation is 1. The number of benzene rings is 2. The molecule has 0 aliphatic heterocycles. The lowest BCUT2D eigenvalue weighted by atomic mass is 10.2. The fourth-order valence-electron chi connectivity index (χ4n) is 2.52. The fourth-order valence-corrected chi connectivity index (χ4v) is 3.61. The van der Waals surface area contributed by atoms with E-state index in [4.69, 9.17) is 0 Å². The van der Waals surface area contributed by atoms with Crippen LogP contribution in [0.2, 0.25) is 0 Å². The molecule has 3 rings (SSSR count). The average Bonchev–Trinajstić information content (AvgIpc) is 2.60. The highest BCUT2D eigenvalue weighted by Crippen LogP contribution is 2.21. The van der Waals surface area contributed by atoms with Gasteiger partial charge >= 0.3 is 5.69 Å². The van der Waals surface area contributed by atoms with Crippen molar-refractivity contribution in [3.8, 4) is 0 Å². The van der Waals surface area contributed by atoms with Crippen LogP contribution in [0.25, 0.3) is 10.9 Å². The van der Waals surface area contributed by atoms with Crippen LogP contribution in [0.1, 0.15) is 0 Å². The Morgan fingerprint density at radius 2 is 1.65 bits per heavy atom. The van der Waals surface area contributed by atoms with Crippen LogP contribution in [0.15, 0.2) is 50.9 Å². The van der Waals surface area contributed by atoms with Crippen LogP contribution in [0, 0.1) is 11.6 Å². The van der Waals surface area contributed by atoms with Gasteiger partial charge in [0.25, 0.3) is 15.6 Å². The predicted molar refractivity (Wildman–Crippen MR) is 91.6 cm³/mol. The molecule has 1 heterocycles. The summed E-state index contributed by atoms with van der Waals surface area (Å²) in [6.07, 6.45) is 0. The Balaban J connectivity index is 2.15. The van der Waals surface area contributed by atoms with E-state index in [0.29, 0.717) is 6.07 Å². The molecule has 0 atom stereocenters. The molecule has 0 amide bonds. The molecule has 0 saturated heterocycles. The highest BCUT2D eigenvalue weighted by atomic mass is 32.2. The van der Waals surface area contributed by atoms with Crippen molar-refractivity contribution in [3.05, 3.63) is 68.9 Å². The Bertz CT molecular complexity index is 1260. The van der Waals surface area contributed by atoms with E-state index < -0.39 is 38.6 Å². The van der Waals surface area contributed by atoms with E-state index in [9.17, 15) is 26.8 Å². The molecule has 0 fully saturated rings. The lowest BCUT2D eigenvalue weighted by Gasteiger charge is -2.11. The van der Waals surface area contributed by atoms with Crippen molar-refractivity contribution in [2.24, 2.45) is 14.1 Å². The molecule has 0 bridgehead atoms. The van der Waals surface area contributed by atoms with Gasteiger partial charge in [-0.05, 0) is 30.3 Å². The van der Waals surface area contributed by atoms with Gasteiger partial charge in [-0.3, -0.25) is 18.7 Å². The number of fused-ring (bicyclic) bond motifs is 1. The summed E-state index contributed by atoms with van der Waals surface area (Å²) in [5, 5.41) is 0.0112. The zero-order chi connectivity index (χ0) is 19.2. The van der Waals surface area contributed by atoms with Crippen molar-refractivity contribution in [1.82, 2.24) is 9.13 Å². The number of rotatable bonds is 3. The first-order valence-corrected chi connectivity index (χ1v) is 8.78. The number of aromatic nitrogens is 2. The summed E-state index contributed by atoms with van der Waals surface area (Å²) in [4.78, 5) is 23.9. The highest BCUT2D eigenvalue weighted by Gasteiger charge is 2.19. The van der Waals surface area contributed by atoms with Crippen LogP contribution < -0.4 is 16.0 Å². The average molecular weight is 381 g/mol. The number of nitrogens with one attached hydrogen (secondary N) is 1. The van der Waals surface area contributed by atoms with Crippen molar-refractivity contribution in [1.29, 1.82) is 0 Å². The molecule has 0 radical (unpaired) electrons. The third-order valence-electron chi connectivity index (χ3n) is 3.92. The van der Waals surface area contributed by atoms with E-state index >= 15 is 0 Å². The van der Waals surface area contributed by atoms with Crippen LogP contribution in [-0.4, -0.2) is 17.6 Å². The van der Waals surface area contributed by atoms with Crippen LogP contribution in [0.3, 0.4) is 0 Å². The molecule has 2 aromatic carbocycles. The Labute approximate surface area is 146 Å².